The maximum atomic E-state index is 13.6. The predicted molar refractivity (Wildman–Crippen MR) is 118 cm³/mol. The molecule has 0 spiro atoms. The number of rotatable bonds is 6. The third-order valence-electron chi connectivity index (χ3n) is 5.63. The van der Waals surface area contributed by atoms with Crippen LogP contribution in [0.2, 0.25) is 0 Å². The van der Waals surface area contributed by atoms with Gasteiger partial charge in [-0.1, -0.05) is 0 Å². The number of oxazole rings is 1. The van der Waals surface area contributed by atoms with E-state index in [2.05, 4.69) is 31.0 Å². The zero-order valence-electron chi connectivity index (χ0n) is 17.9. The van der Waals surface area contributed by atoms with Gasteiger partial charge in [0.1, 0.15) is 34.8 Å². The SMILES string of the molecule is CNc1cc(Nc2cccn(-c3ocnc3C)c2=O)nc2c(C(=O)NC3CC[C@H]3F)cnn12. The number of pyridine rings is 1. The highest BCUT2D eigenvalue weighted by Gasteiger charge is 2.33. The van der Waals surface area contributed by atoms with Crippen molar-refractivity contribution in [3.63, 3.8) is 0 Å². The first-order valence-electron chi connectivity index (χ1n) is 10.4. The minimum atomic E-state index is -1.04. The molecule has 0 saturated heterocycles. The lowest BCUT2D eigenvalue weighted by molar-refractivity contribution is 0.0826. The summed E-state index contributed by atoms with van der Waals surface area (Å²) < 4.78 is 21.7. The van der Waals surface area contributed by atoms with Crippen molar-refractivity contribution in [2.24, 2.45) is 0 Å². The summed E-state index contributed by atoms with van der Waals surface area (Å²) in [4.78, 5) is 34.2. The fourth-order valence-electron chi connectivity index (χ4n) is 3.65. The second-order valence-electron chi connectivity index (χ2n) is 7.71. The molecule has 4 aromatic heterocycles. The monoisotopic (exact) mass is 452 g/mol. The van der Waals surface area contributed by atoms with E-state index in [0.29, 0.717) is 36.1 Å². The van der Waals surface area contributed by atoms with Gasteiger partial charge in [0.05, 0.1) is 12.2 Å². The molecule has 0 radical (unpaired) electrons. The zero-order valence-corrected chi connectivity index (χ0v) is 17.9. The van der Waals surface area contributed by atoms with Gasteiger partial charge in [-0.25, -0.2) is 14.4 Å². The van der Waals surface area contributed by atoms with Gasteiger partial charge in [-0.2, -0.15) is 9.61 Å². The van der Waals surface area contributed by atoms with Crippen LogP contribution < -0.4 is 21.5 Å². The molecule has 1 amide bonds. The number of nitrogens with one attached hydrogen (secondary N) is 3. The van der Waals surface area contributed by atoms with Crippen LogP contribution in [0.3, 0.4) is 0 Å². The van der Waals surface area contributed by atoms with E-state index >= 15 is 0 Å². The molecule has 5 rings (SSSR count). The average Bonchev–Trinajstić information content (AvgIpc) is 3.43. The molecule has 0 bridgehead atoms. The number of hydrogen-bond donors (Lipinski definition) is 3. The molecule has 1 unspecified atom stereocenters. The standard InChI is InChI=1S/C21H21FN8O3/c1-11-21(33-10-24-11)29-7-3-4-15(20(29)32)26-16-8-17(23-2)30-18(28-16)12(9-25-30)19(31)27-14-6-5-13(14)22/h3-4,7-10,13-14,23H,5-6H2,1-2H3,(H,26,28)(H,27,31)/t13-,14?/m1/s1. The summed E-state index contributed by atoms with van der Waals surface area (Å²) in [7, 11) is 1.70. The van der Waals surface area contributed by atoms with E-state index in [4.69, 9.17) is 4.42 Å². The van der Waals surface area contributed by atoms with Crippen molar-refractivity contribution in [3.8, 4) is 5.88 Å². The van der Waals surface area contributed by atoms with Crippen molar-refractivity contribution >= 4 is 28.9 Å². The van der Waals surface area contributed by atoms with Crippen molar-refractivity contribution in [2.45, 2.75) is 32.0 Å². The number of carbonyl (C=O) groups is 1. The average molecular weight is 452 g/mol. The van der Waals surface area contributed by atoms with Gasteiger partial charge in [-0.05, 0) is 31.9 Å². The van der Waals surface area contributed by atoms with Crippen LogP contribution in [0.25, 0.3) is 11.5 Å². The number of carbonyl (C=O) groups excluding carboxylic acids is 1. The topological polar surface area (TPSA) is 131 Å². The number of amides is 1. The number of aryl methyl sites for hydroxylation is 1. The van der Waals surface area contributed by atoms with E-state index in [1.807, 2.05) is 0 Å². The second-order valence-corrected chi connectivity index (χ2v) is 7.71. The van der Waals surface area contributed by atoms with E-state index in [1.165, 1.54) is 21.7 Å². The molecule has 12 heteroatoms. The van der Waals surface area contributed by atoms with Crippen molar-refractivity contribution in [3.05, 3.63) is 58.6 Å². The van der Waals surface area contributed by atoms with Gasteiger partial charge in [0.15, 0.2) is 12.0 Å². The minimum Gasteiger partial charge on any atom is -0.427 e. The molecule has 0 aromatic carbocycles. The van der Waals surface area contributed by atoms with Gasteiger partial charge >= 0.3 is 0 Å². The number of nitrogens with zero attached hydrogens (tertiary/aromatic N) is 5. The van der Waals surface area contributed by atoms with Gasteiger partial charge in [-0.15, -0.1) is 0 Å². The Morgan fingerprint density at radius 2 is 2.18 bits per heavy atom. The van der Waals surface area contributed by atoms with Crippen LogP contribution in [0.5, 0.6) is 0 Å². The lowest BCUT2D eigenvalue weighted by Crippen LogP contribution is -2.48. The van der Waals surface area contributed by atoms with Gasteiger partial charge in [0.25, 0.3) is 11.5 Å². The van der Waals surface area contributed by atoms with Crippen molar-refractivity contribution in [2.75, 3.05) is 17.7 Å². The van der Waals surface area contributed by atoms with E-state index in [1.54, 1.807) is 38.4 Å². The molecule has 2 atom stereocenters. The Labute approximate surface area is 186 Å². The first-order chi connectivity index (χ1) is 16.0. The summed E-state index contributed by atoms with van der Waals surface area (Å²) in [6.45, 7) is 1.74. The molecule has 33 heavy (non-hydrogen) atoms. The first kappa shape index (κ1) is 20.7. The first-order valence-corrected chi connectivity index (χ1v) is 10.4. The molecular weight excluding hydrogens is 431 g/mol. The van der Waals surface area contributed by atoms with Crippen molar-refractivity contribution in [1.82, 2.24) is 29.5 Å². The van der Waals surface area contributed by atoms with Crippen molar-refractivity contribution in [1.29, 1.82) is 0 Å². The van der Waals surface area contributed by atoms with Gasteiger partial charge in [-0.3, -0.25) is 14.2 Å². The zero-order chi connectivity index (χ0) is 23.1. The number of aromatic nitrogens is 5. The normalized spacial score (nSPS) is 17.5. The maximum absolute atomic E-state index is 13.6. The lowest BCUT2D eigenvalue weighted by atomic mass is 9.90. The Bertz CT molecular complexity index is 1410. The molecule has 4 heterocycles. The van der Waals surface area contributed by atoms with E-state index in [9.17, 15) is 14.0 Å². The third-order valence-corrected chi connectivity index (χ3v) is 5.63. The smallest absolute Gasteiger partial charge is 0.281 e. The second kappa shape index (κ2) is 8.04. The predicted octanol–water partition coefficient (Wildman–Crippen LogP) is 2.19. The summed E-state index contributed by atoms with van der Waals surface area (Å²) >= 11 is 0. The van der Waals surface area contributed by atoms with Crippen LogP contribution in [-0.2, 0) is 0 Å². The summed E-state index contributed by atoms with van der Waals surface area (Å²) in [6.07, 6.45) is 4.23. The maximum Gasteiger partial charge on any atom is 0.281 e. The molecule has 1 aliphatic carbocycles. The Balaban J connectivity index is 1.51. The highest BCUT2D eigenvalue weighted by Crippen LogP contribution is 2.25. The van der Waals surface area contributed by atoms with Crippen LogP contribution in [0, 0.1) is 6.92 Å². The summed E-state index contributed by atoms with van der Waals surface area (Å²) in [5, 5.41) is 12.9. The Hall–Kier alpha value is -4.22. The number of halogens is 1. The quantitative estimate of drug-likeness (QED) is 0.406. The minimum absolute atomic E-state index is 0.206. The fraction of sp³-hybridized carbons (Fsp3) is 0.286. The van der Waals surface area contributed by atoms with E-state index < -0.39 is 18.1 Å². The molecule has 0 aliphatic heterocycles. The number of fused-ring (bicyclic) bond motifs is 1. The number of hydrogen-bond acceptors (Lipinski definition) is 8. The Morgan fingerprint density at radius 1 is 1.33 bits per heavy atom. The van der Waals surface area contributed by atoms with E-state index in [-0.39, 0.29) is 22.5 Å². The molecule has 11 nitrogen and oxygen atoms in total. The molecule has 1 aliphatic rings. The molecule has 1 saturated carbocycles. The highest BCUT2D eigenvalue weighted by molar-refractivity contribution is 6.00. The number of alkyl halides is 1. The largest absolute Gasteiger partial charge is 0.427 e. The Kier molecular flexibility index (Phi) is 5.04. The van der Waals surface area contributed by atoms with Gasteiger partial charge in [0, 0.05) is 19.3 Å². The highest BCUT2D eigenvalue weighted by atomic mass is 19.1. The van der Waals surface area contributed by atoms with Crippen molar-refractivity contribution < 1.29 is 13.6 Å². The van der Waals surface area contributed by atoms with Crippen LogP contribution in [0.4, 0.5) is 21.7 Å². The molecule has 170 valence electrons. The lowest BCUT2D eigenvalue weighted by Gasteiger charge is -2.30. The molecule has 3 N–H and O–H groups in total. The molecule has 1 fully saturated rings. The number of anilines is 3. The van der Waals surface area contributed by atoms with Crippen LogP contribution in [-0.4, -0.2) is 49.3 Å². The molecular formula is C21H21FN8O3. The summed E-state index contributed by atoms with van der Waals surface area (Å²) in [5.41, 5.74) is 0.919. The van der Waals surface area contributed by atoms with Crippen LogP contribution in [0.1, 0.15) is 28.9 Å². The van der Waals surface area contributed by atoms with E-state index in [0.717, 1.165) is 0 Å². The summed E-state index contributed by atoms with van der Waals surface area (Å²) in [5.74, 6) is 0.722. The van der Waals surface area contributed by atoms with Gasteiger partial charge < -0.3 is 20.4 Å². The van der Waals surface area contributed by atoms with Crippen LogP contribution >= 0.6 is 0 Å². The third kappa shape index (κ3) is 3.58. The fourth-order valence-corrected chi connectivity index (χ4v) is 3.65. The Morgan fingerprint density at radius 3 is 2.85 bits per heavy atom. The van der Waals surface area contributed by atoms with Gasteiger partial charge in [0.2, 0.25) is 5.88 Å². The summed E-state index contributed by atoms with van der Waals surface area (Å²) in [6, 6.07) is 4.45. The van der Waals surface area contributed by atoms with Crippen LogP contribution in [0.15, 0.2) is 46.2 Å². The molecule has 4 aromatic rings.